The largest absolute Gasteiger partial charge is 0.349 e. The van der Waals surface area contributed by atoms with Gasteiger partial charge in [0.2, 0.25) is 5.91 Å². The van der Waals surface area contributed by atoms with Crippen molar-refractivity contribution in [2.24, 2.45) is 0 Å². The molecule has 2 rings (SSSR count). The molecule has 1 N–H and O–H groups in total. The third kappa shape index (κ3) is 4.71. The number of thioether (sulfide) groups is 1. The van der Waals surface area contributed by atoms with E-state index in [4.69, 9.17) is 0 Å². The molecule has 1 unspecified atom stereocenters. The SMILES string of the molecule is C=CCn1c(SCC(=O)NC(C)c2ccccc2)nnc1C(C)C. The highest BCUT2D eigenvalue weighted by Gasteiger charge is 2.16. The maximum atomic E-state index is 12.2. The van der Waals surface area contributed by atoms with Crippen LogP contribution in [0.25, 0.3) is 0 Å². The molecule has 6 heteroatoms. The van der Waals surface area contributed by atoms with Gasteiger partial charge in [0.1, 0.15) is 5.82 Å². The summed E-state index contributed by atoms with van der Waals surface area (Å²) >= 11 is 1.40. The monoisotopic (exact) mass is 344 g/mol. The van der Waals surface area contributed by atoms with Crippen molar-refractivity contribution in [2.45, 2.75) is 44.4 Å². The lowest BCUT2D eigenvalue weighted by atomic mass is 10.1. The van der Waals surface area contributed by atoms with E-state index in [1.807, 2.05) is 47.9 Å². The predicted molar refractivity (Wildman–Crippen MR) is 98.0 cm³/mol. The van der Waals surface area contributed by atoms with Crippen molar-refractivity contribution in [3.63, 3.8) is 0 Å². The first-order valence-corrected chi connectivity index (χ1v) is 9.02. The highest BCUT2D eigenvalue weighted by atomic mass is 32.2. The number of allylic oxidation sites excluding steroid dienone is 1. The van der Waals surface area contributed by atoms with E-state index in [1.54, 1.807) is 0 Å². The van der Waals surface area contributed by atoms with Crippen LogP contribution in [-0.4, -0.2) is 26.4 Å². The first-order valence-electron chi connectivity index (χ1n) is 8.04. The number of rotatable bonds is 8. The van der Waals surface area contributed by atoms with Crippen LogP contribution in [0, 0.1) is 0 Å². The van der Waals surface area contributed by atoms with Gasteiger partial charge in [0.05, 0.1) is 11.8 Å². The van der Waals surface area contributed by atoms with Gasteiger partial charge in [0, 0.05) is 12.5 Å². The average molecular weight is 344 g/mol. The van der Waals surface area contributed by atoms with Crippen LogP contribution in [0.5, 0.6) is 0 Å². The summed E-state index contributed by atoms with van der Waals surface area (Å²) in [4.78, 5) is 12.2. The molecular weight excluding hydrogens is 320 g/mol. The number of aromatic nitrogens is 3. The van der Waals surface area contributed by atoms with Crippen LogP contribution in [0.4, 0.5) is 0 Å². The molecule has 0 saturated heterocycles. The Bertz CT molecular complexity index is 682. The lowest BCUT2D eigenvalue weighted by Crippen LogP contribution is -2.28. The van der Waals surface area contributed by atoms with Crippen molar-refractivity contribution in [3.05, 3.63) is 54.4 Å². The van der Waals surface area contributed by atoms with Crippen molar-refractivity contribution in [1.82, 2.24) is 20.1 Å². The summed E-state index contributed by atoms with van der Waals surface area (Å²) in [5.41, 5.74) is 1.09. The zero-order valence-electron chi connectivity index (χ0n) is 14.4. The minimum atomic E-state index is -0.0180. The normalized spacial score (nSPS) is 12.2. The second-order valence-corrected chi connectivity index (χ2v) is 6.83. The molecule has 0 aliphatic heterocycles. The van der Waals surface area contributed by atoms with Crippen LogP contribution in [0.3, 0.4) is 0 Å². The van der Waals surface area contributed by atoms with E-state index in [1.165, 1.54) is 11.8 Å². The number of benzene rings is 1. The summed E-state index contributed by atoms with van der Waals surface area (Å²) < 4.78 is 2.01. The fraction of sp³-hybridized carbons (Fsp3) is 0.389. The van der Waals surface area contributed by atoms with E-state index >= 15 is 0 Å². The molecule has 1 heterocycles. The molecule has 1 atom stereocenters. The predicted octanol–water partition coefficient (Wildman–Crippen LogP) is 3.56. The molecule has 0 saturated carbocycles. The Balaban J connectivity index is 1.95. The molecule has 2 aromatic rings. The molecule has 0 aliphatic rings. The van der Waals surface area contributed by atoms with Gasteiger partial charge in [-0.25, -0.2) is 0 Å². The van der Waals surface area contributed by atoms with Gasteiger partial charge in [-0.2, -0.15) is 0 Å². The maximum absolute atomic E-state index is 12.2. The van der Waals surface area contributed by atoms with Crippen molar-refractivity contribution in [1.29, 1.82) is 0 Å². The zero-order chi connectivity index (χ0) is 17.5. The van der Waals surface area contributed by atoms with Crippen LogP contribution < -0.4 is 5.32 Å². The second kappa shape index (κ2) is 8.68. The Labute approximate surface area is 147 Å². The van der Waals surface area contributed by atoms with Gasteiger partial charge in [0.15, 0.2) is 5.16 Å². The molecule has 128 valence electrons. The first kappa shape index (κ1) is 18.3. The van der Waals surface area contributed by atoms with Crippen molar-refractivity contribution >= 4 is 17.7 Å². The lowest BCUT2D eigenvalue weighted by molar-refractivity contribution is -0.119. The molecule has 0 aliphatic carbocycles. The van der Waals surface area contributed by atoms with Crippen LogP contribution in [0.2, 0.25) is 0 Å². The summed E-state index contributed by atoms with van der Waals surface area (Å²) in [5, 5.41) is 12.2. The number of carbonyl (C=O) groups excluding carboxylic acids is 1. The summed E-state index contributed by atoms with van der Waals surface area (Å²) in [7, 11) is 0. The zero-order valence-corrected chi connectivity index (χ0v) is 15.2. The van der Waals surface area contributed by atoms with Gasteiger partial charge in [-0.1, -0.05) is 62.0 Å². The van der Waals surface area contributed by atoms with Crippen molar-refractivity contribution in [3.8, 4) is 0 Å². The van der Waals surface area contributed by atoms with Gasteiger partial charge in [-0.15, -0.1) is 16.8 Å². The summed E-state index contributed by atoms with van der Waals surface area (Å²) in [6.07, 6.45) is 1.82. The number of nitrogens with zero attached hydrogens (tertiary/aromatic N) is 3. The molecule has 0 spiro atoms. The number of amides is 1. The highest BCUT2D eigenvalue weighted by Crippen LogP contribution is 2.21. The quantitative estimate of drug-likeness (QED) is 0.587. The van der Waals surface area contributed by atoms with Gasteiger partial charge >= 0.3 is 0 Å². The second-order valence-electron chi connectivity index (χ2n) is 5.88. The number of hydrogen-bond acceptors (Lipinski definition) is 4. The van der Waals surface area contributed by atoms with Crippen LogP contribution in [-0.2, 0) is 11.3 Å². The minimum Gasteiger partial charge on any atom is -0.349 e. The minimum absolute atomic E-state index is 0.0171. The smallest absolute Gasteiger partial charge is 0.230 e. The third-order valence-corrected chi connectivity index (χ3v) is 4.55. The standard InChI is InChI=1S/C18H24N4OS/c1-5-11-22-17(13(2)3)20-21-18(22)24-12-16(23)19-14(4)15-9-7-6-8-10-15/h5-10,13-14H,1,11-12H2,2-4H3,(H,19,23). The van der Waals surface area contributed by atoms with E-state index in [-0.39, 0.29) is 17.9 Å². The van der Waals surface area contributed by atoms with E-state index in [9.17, 15) is 4.79 Å². The van der Waals surface area contributed by atoms with Gasteiger partial charge < -0.3 is 9.88 Å². The fourth-order valence-corrected chi connectivity index (χ4v) is 3.14. The van der Waals surface area contributed by atoms with Gasteiger partial charge in [0.25, 0.3) is 0 Å². The maximum Gasteiger partial charge on any atom is 0.230 e. The lowest BCUT2D eigenvalue weighted by Gasteiger charge is -2.14. The molecule has 0 radical (unpaired) electrons. The molecule has 1 aromatic heterocycles. The van der Waals surface area contributed by atoms with Gasteiger partial charge in [-0.05, 0) is 12.5 Å². The first-order chi connectivity index (χ1) is 11.5. The topological polar surface area (TPSA) is 59.8 Å². The molecule has 0 fully saturated rings. The molecule has 0 bridgehead atoms. The van der Waals surface area contributed by atoms with Crippen molar-refractivity contribution < 1.29 is 4.79 Å². The Hall–Kier alpha value is -2.08. The van der Waals surface area contributed by atoms with Crippen LogP contribution in [0.15, 0.2) is 48.1 Å². The summed E-state index contributed by atoms with van der Waals surface area (Å²) in [6, 6.07) is 9.90. The Morgan fingerprint density at radius 3 is 2.62 bits per heavy atom. The van der Waals surface area contributed by atoms with E-state index in [2.05, 4.69) is 35.9 Å². The van der Waals surface area contributed by atoms with Crippen LogP contribution in [0.1, 0.15) is 44.1 Å². The average Bonchev–Trinajstić information content (AvgIpc) is 2.97. The Morgan fingerprint density at radius 2 is 2.00 bits per heavy atom. The number of nitrogens with one attached hydrogen (secondary N) is 1. The van der Waals surface area contributed by atoms with Gasteiger partial charge in [-0.3, -0.25) is 4.79 Å². The Kier molecular flexibility index (Phi) is 6.61. The fourth-order valence-electron chi connectivity index (χ4n) is 2.37. The molecule has 5 nitrogen and oxygen atoms in total. The van der Waals surface area contributed by atoms with Crippen molar-refractivity contribution in [2.75, 3.05) is 5.75 Å². The number of carbonyl (C=O) groups is 1. The van der Waals surface area contributed by atoms with E-state index < -0.39 is 0 Å². The molecule has 1 amide bonds. The van der Waals surface area contributed by atoms with E-state index in [0.717, 1.165) is 16.5 Å². The number of hydrogen-bond donors (Lipinski definition) is 1. The Morgan fingerprint density at radius 1 is 1.29 bits per heavy atom. The van der Waals surface area contributed by atoms with E-state index in [0.29, 0.717) is 12.3 Å². The molecular formula is C18H24N4OS. The van der Waals surface area contributed by atoms with Crippen LogP contribution >= 0.6 is 11.8 Å². The highest BCUT2D eigenvalue weighted by molar-refractivity contribution is 7.99. The molecule has 1 aromatic carbocycles. The summed E-state index contributed by atoms with van der Waals surface area (Å²) in [6.45, 7) is 10.6. The summed E-state index contributed by atoms with van der Waals surface area (Å²) in [5.74, 6) is 1.48. The third-order valence-electron chi connectivity index (χ3n) is 3.58. The molecule has 24 heavy (non-hydrogen) atoms.